The van der Waals surface area contributed by atoms with E-state index in [9.17, 15) is 0 Å². The van der Waals surface area contributed by atoms with Crippen LogP contribution in [0.25, 0.3) is 0 Å². The largest absolute Gasteiger partial charge is 0.308 e. The van der Waals surface area contributed by atoms with Gasteiger partial charge in [-0.1, -0.05) is 0 Å². The topological polar surface area (TPSA) is 24.9 Å². The number of aromatic nitrogens is 1. The molecule has 3 heteroatoms. The number of thiazole rings is 1. The molecule has 2 rings (SSSR count). The Morgan fingerprint density at radius 1 is 1.73 bits per heavy atom. The van der Waals surface area contributed by atoms with Crippen molar-refractivity contribution >= 4 is 11.3 Å². The molecular weight excluding hydrogens is 156 g/mol. The average molecular weight is 168 g/mol. The quantitative estimate of drug-likeness (QED) is 0.743. The fourth-order valence-corrected chi connectivity index (χ4v) is 1.64. The van der Waals surface area contributed by atoms with Gasteiger partial charge in [0.25, 0.3) is 0 Å². The molecule has 0 atom stereocenters. The molecule has 1 fully saturated rings. The van der Waals surface area contributed by atoms with Gasteiger partial charge in [0, 0.05) is 18.0 Å². The maximum Gasteiger partial charge on any atom is 0.0897 e. The Morgan fingerprint density at radius 3 is 3.09 bits per heavy atom. The summed E-state index contributed by atoms with van der Waals surface area (Å²) in [5.74, 6) is 0. The van der Waals surface area contributed by atoms with Crippen molar-refractivity contribution in [3.05, 3.63) is 16.1 Å². The summed E-state index contributed by atoms with van der Waals surface area (Å²) in [4.78, 5) is 4.37. The molecule has 1 aromatic rings. The second-order valence-corrected chi connectivity index (χ2v) is 4.08. The summed E-state index contributed by atoms with van der Waals surface area (Å²) in [7, 11) is 0. The van der Waals surface area contributed by atoms with E-state index >= 15 is 0 Å². The van der Waals surface area contributed by atoms with Crippen molar-refractivity contribution < 1.29 is 0 Å². The molecule has 1 aromatic heterocycles. The number of nitrogens with one attached hydrogen (secondary N) is 1. The van der Waals surface area contributed by atoms with Crippen molar-refractivity contribution in [1.82, 2.24) is 10.3 Å². The summed E-state index contributed by atoms with van der Waals surface area (Å²) in [5.41, 5.74) is 1.19. The highest BCUT2D eigenvalue weighted by atomic mass is 32.1. The maximum atomic E-state index is 4.37. The zero-order valence-electron chi connectivity index (χ0n) is 6.63. The molecule has 11 heavy (non-hydrogen) atoms. The van der Waals surface area contributed by atoms with Crippen LogP contribution < -0.4 is 5.32 Å². The Kier molecular flexibility index (Phi) is 1.92. The van der Waals surface area contributed by atoms with E-state index in [1.165, 1.54) is 18.5 Å². The number of hydrogen-bond donors (Lipinski definition) is 1. The molecule has 0 saturated heterocycles. The molecule has 1 aliphatic carbocycles. The van der Waals surface area contributed by atoms with Crippen molar-refractivity contribution in [3.8, 4) is 0 Å². The first-order valence-electron chi connectivity index (χ1n) is 3.99. The molecule has 0 amide bonds. The molecule has 2 nitrogen and oxygen atoms in total. The lowest BCUT2D eigenvalue weighted by atomic mass is 10.5. The van der Waals surface area contributed by atoms with E-state index in [1.807, 2.05) is 6.92 Å². The number of hydrogen-bond acceptors (Lipinski definition) is 3. The molecule has 1 saturated carbocycles. The summed E-state index contributed by atoms with van der Waals surface area (Å²) >= 11 is 1.73. The number of rotatable bonds is 3. The smallest absolute Gasteiger partial charge is 0.0897 e. The Balaban J connectivity index is 1.85. The van der Waals surface area contributed by atoms with Gasteiger partial charge in [-0.15, -0.1) is 11.3 Å². The minimum absolute atomic E-state index is 0.789. The molecular formula is C8H12N2S. The summed E-state index contributed by atoms with van der Waals surface area (Å²) in [6.07, 6.45) is 2.70. The Morgan fingerprint density at radius 2 is 2.55 bits per heavy atom. The molecule has 0 spiro atoms. The van der Waals surface area contributed by atoms with E-state index in [1.54, 1.807) is 11.3 Å². The van der Waals surface area contributed by atoms with Gasteiger partial charge >= 0.3 is 0 Å². The fourth-order valence-electron chi connectivity index (χ4n) is 1.03. The van der Waals surface area contributed by atoms with Crippen molar-refractivity contribution in [2.45, 2.75) is 32.4 Å². The first-order chi connectivity index (χ1) is 5.34. The lowest BCUT2D eigenvalue weighted by Crippen LogP contribution is -2.15. The van der Waals surface area contributed by atoms with Crippen LogP contribution in [0.15, 0.2) is 5.38 Å². The second-order valence-electron chi connectivity index (χ2n) is 3.01. The normalized spacial score (nSPS) is 17.2. The van der Waals surface area contributed by atoms with Gasteiger partial charge in [0.05, 0.1) is 10.7 Å². The molecule has 1 N–H and O–H groups in total. The van der Waals surface area contributed by atoms with Gasteiger partial charge in [-0.05, 0) is 19.8 Å². The molecule has 60 valence electrons. The van der Waals surface area contributed by atoms with Crippen molar-refractivity contribution in [1.29, 1.82) is 0 Å². The van der Waals surface area contributed by atoms with Crippen LogP contribution in [0.4, 0.5) is 0 Å². The molecule has 0 aliphatic heterocycles. The van der Waals surface area contributed by atoms with Crippen LogP contribution in [0.2, 0.25) is 0 Å². The SMILES string of the molecule is Cc1nc(CNC2CC2)cs1. The van der Waals surface area contributed by atoms with Crippen LogP contribution in [0, 0.1) is 6.92 Å². The van der Waals surface area contributed by atoms with Gasteiger partial charge in [-0.3, -0.25) is 0 Å². The van der Waals surface area contributed by atoms with E-state index in [0.717, 1.165) is 17.6 Å². The van der Waals surface area contributed by atoms with Crippen molar-refractivity contribution in [2.24, 2.45) is 0 Å². The average Bonchev–Trinajstić information content (AvgIpc) is 2.72. The molecule has 1 heterocycles. The van der Waals surface area contributed by atoms with Crippen LogP contribution >= 0.6 is 11.3 Å². The minimum atomic E-state index is 0.789. The third-order valence-electron chi connectivity index (χ3n) is 1.82. The van der Waals surface area contributed by atoms with E-state index in [-0.39, 0.29) is 0 Å². The van der Waals surface area contributed by atoms with E-state index < -0.39 is 0 Å². The molecule has 0 aromatic carbocycles. The molecule has 0 unspecified atom stereocenters. The first kappa shape index (κ1) is 7.25. The standard InChI is InChI=1S/C8H12N2S/c1-6-10-8(5-11-6)4-9-7-2-3-7/h5,7,9H,2-4H2,1H3. The van der Waals surface area contributed by atoms with Crippen LogP contribution in [-0.2, 0) is 6.54 Å². The number of aryl methyl sites for hydroxylation is 1. The highest BCUT2D eigenvalue weighted by molar-refractivity contribution is 7.09. The Bertz CT molecular complexity index is 240. The fraction of sp³-hybridized carbons (Fsp3) is 0.625. The molecule has 0 radical (unpaired) electrons. The zero-order valence-corrected chi connectivity index (χ0v) is 7.45. The lowest BCUT2D eigenvalue weighted by Gasteiger charge is -1.96. The summed E-state index contributed by atoms with van der Waals surface area (Å²) in [5, 5.41) is 6.72. The van der Waals surface area contributed by atoms with Crippen LogP contribution in [0.5, 0.6) is 0 Å². The highest BCUT2D eigenvalue weighted by Crippen LogP contribution is 2.19. The van der Waals surface area contributed by atoms with Crippen LogP contribution in [0.3, 0.4) is 0 Å². The zero-order chi connectivity index (χ0) is 7.68. The van der Waals surface area contributed by atoms with Gasteiger partial charge in [0.15, 0.2) is 0 Å². The van der Waals surface area contributed by atoms with E-state index in [2.05, 4.69) is 15.7 Å². The molecule has 0 bridgehead atoms. The second kappa shape index (κ2) is 2.91. The Labute approximate surface area is 70.7 Å². The van der Waals surface area contributed by atoms with Crippen LogP contribution in [0.1, 0.15) is 23.5 Å². The van der Waals surface area contributed by atoms with Gasteiger partial charge in [0.1, 0.15) is 0 Å². The monoisotopic (exact) mass is 168 g/mol. The number of nitrogens with zero attached hydrogens (tertiary/aromatic N) is 1. The Hall–Kier alpha value is -0.410. The minimum Gasteiger partial charge on any atom is -0.308 e. The van der Waals surface area contributed by atoms with Crippen LogP contribution in [-0.4, -0.2) is 11.0 Å². The van der Waals surface area contributed by atoms with Crippen molar-refractivity contribution in [2.75, 3.05) is 0 Å². The van der Waals surface area contributed by atoms with Gasteiger partial charge in [-0.2, -0.15) is 0 Å². The molecule has 1 aliphatic rings. The third kappa shape index (κ3) is 2.01. The predicted molar refractivity (Wildman–Crippen MR) is 46.7 cm³/mol. The third-order valence-corrected chi connectivity index (χ3v) is 2.64. The first-order valence-corrected chi connectivity index (χ1v) is 4.87. The predicted octanol–water partition coefficient (Wildman–Crippen LogP) is 1.70. The van der Waals surface area contributed by atoms with Gasteiger partial charge in [-0.25, -0.2) is 4.98 Å². The van der Waals surface area contributed by atoms with E-state index in [4.69, 9.17) is 0 Å². The summed E-state index contributed by atoms with van der Waals surface area (Å²) in [6.45, 7) is 3.00. The van der Waals surface area contributed by atoms with Gasteiger partial charge < -0.3 is 5.32 Å². The lowest BCUT2D eigenvalue weighted by molar-refractivity contribution is 0.676. The maximum absolute atomic E-state index is 4.37. The highest BCUT2D eigenvalue weighted by Gasteiger charge is 2.20. The van der Waals surface area contributed by atoms with Gasteiger partial charge in [0.2, 0.25) is 0 Å². The van der Waals surface area contributed by atoms with Crippen molar-refractivity contribution in [3.63, 3.8) is 0 Å². The summed E-state index contributed by atoms with van der Waals surface area (Å²) in [6, 6.07) is 0.789. The van der Waals surface area contributed by atoms with E-state index in [0.29, 0.717) is 0 Å². The summed E-state index contributed by atoms with van der Waals surface area (Å²) < 4.78 is 0.